The highest BCUT2D eigenvalue weighted by Crippen LogP contribution is 2.40. The lowest BCUT2D eigenvalue weighted by atomic mass is 9.93. The van der Waals surface area contributed by atoms with E-state index in [9.17, 15) is 19.8 Å². The van der Waals surface area contributed by atoms with Gasteiger partial charge in [-0.15, -0.1) is 0 Å². The fourth-order valence-corrected chi connectivity index (χ4v) is 3.87. The van der Waals surface area contributed by atoms with Crippen molar-refractivity contribution in [3.8, 4) is 5.75 Å². The van der Waals surface area contributed by atoms with E-state index >= 15 is 0 Å². The molecule has 0 saturated heterocycles. The minimum atomic E-state index is -0.781. The maximum atomic E-state index is 13.2. The number of aromatic hydroxyl groups is 1. The molecule has 1 unspecified atom stereocenters. The summed E-state index contributed by atoms with van der Waals surface area (Å²) in [6.07, 6.45) is 3.91. The number of hydrogen-bond donors (Lipinski definition) is 2. The van der Waals surface area contributed by atoms with E-state index in [-0.39, 0.29) is 30.1 Å². The molecular weight excluding hydrogens is 392 g/mol. The number of aliphatic hydroxyl groups excluding tert-OH is 1. The largest absolute Gasteiger partial charge is 0.508 e. The standard InChI is InChI=1S/C25H22N2O4/c28-20-8-4-7-19(15-20)23-22(21(29)10-9-17-5-2-1-3-6-17)24(30)25(31)27(23)16-18-11-13-26-14-12-18/h1-8,11-15,23,28,30H,9-10,16H2. The van der Waals surface area contributed by atoms with Crippen LogP contribution in [0.2, 0.25) is 0 Å². The van der Waals surface area contributed by atoms with Crippen molar-refractivity contribution in [3.05, 3.63) is 107 Å². The van der Waals surface area contributed by atoms with Gasteiger partial charge >= 0.3 is 0 Å². The van der Waals surface area contributed by atoms with E-state index < -0.39 is 17.7 Å². The molecular formula is C25H22N2O4. The number of aliphatic hydroxyl groups is 1. The van der Waals surface area contributed by atoms with Crippen molar-refractivity contribution in [1.29, 1.82) is 0 Å². The molecule has 156 valence electrons. The van der Waals surface area contributed by atoms with E-state index in [1.165, 1.54) is 17.0 Å². The molecule has 1 atom stereocenters. The van der Waals surface area contributed by atoms with Gasteiger partial charge in [0.05, 0.1) is 11.6 Å². The summed E-state index contributed by atoms with van der Waals surface area (Å²) in [4.78, 5) is 31.6. The van der Waals surface area contributed by atoms with Crippen LogP contribution in [0, 0.1) is 0 Å². The number of aromatic nitrogens is 1. The monoisotopic (exact) mass is 414 g/mol. The first-order valence-corrected chi connectivity index (χ1v) is 10.0. The molecule has 2 heterocycles. The molecule has 2 N–H and O–H groups in total. The van der Waals surface area contributed by atoms with Crippen LogP contribution in [-0.2, 0) is 22.6 Å². The normalized spacial score (nSPS) is 16.1. The lowest BCUT2D eigenvalue weighted by Gasteiger charge is -2.27. The summed E-state index contributed by atoms with van der Waals surface area (Å²) in [7, 11) is 0. The molecule has 0 spiro atoms. The van der Waals surface area contributed by atoms with Crippen LogP contribution in [0.3, 0.4) is 0 Å². The van der Waals surface area contributed by atoms with Crippen molar-refractivity contribution >= 4 is 11.7 Å². The van der Waals surface area contributed by atoms with Gasteiger partial charge in [0.1, 0.15) is 5.75 Å². The molecule has 2 aromatic carbocycles. The summed E-state index contributed by atoms with van der Waals surface area (Å²) in [6, 6.07) is 18.8. The van der Waals surface area contributed by atoms with Gasteiger partial charge in [-0.25, -0.2) is 0 Å². The topological polar surface area (TPSA) is 90.7 Å². The molecule has 6 heteroatoms. The van der Waals surface area contributed by atoms with Crippen LogP contribution in [-0.4, -0.2) is 31.8 Å². The van der Waals surface area contributed by atoms with Gasteiger partial charge in [0.2, 0.25) is 0 Å². The first kappa shape index (κ1) is 20.3. The van der Waals surface area contributed by atoms with Crippen molar-refractivity contribution in [2.24, 2.45) is 0 Å². The number of pyridine rings is 1. The second-order valence-electron chi connectivity index (χ2n) is 7.46. The highest BCUT2D eigenvalue weighted by atomic mass is 16.3. The minimum absolute atomic E-state index is 0.0243. The van der Waals surface area contributed by atoms with Crippen molar-refractivity contribution in [2.75, 3.05) is 0 Å². The van der Waals surface area contributed by atoms with Gasteiger partial charge in [-0.2, -0.15) is 0 Å². The predicted molar refractivity (Wildman–Crippen MR) is 115 cm³/mol. The lowest BCUT2D eigenvalue weighted by Crippen LogP contribution is -2.30. The summed E-state index contributed by atoms with van der Waals surface area (Å²) in [6.45, 7) is 0.196. The number of carbonyl (C=O) groups excluding carboxylic acids is 2. The number of ketones is 1. The molecule has 31 heavy (non-hydrogen) atoms. The number of Topliss-reactive ketones (excluding diaryl/α,β-unsaturated/α-hetero) is 1. The number of phenols is 1. The maximum absolute atomic E-state index is 13.2. The number of amides is 1. The Morgan fingerprint density at radius 2 is 1.68 bits per heavy atom. The third-order valence-corrected chi connectivity index (χ3v) is 5.38. The Kier molecular flexibility index (Phi) is 5.80. The summed E-state index contributed by atoms with van der Waals surface area (Å²) in [5.74, 6) is -1.40. The number of aryl methyl sites for hydroxylation is 1. The second-order valence-corrected chi connectivity index (χ2v) is 7.46. The fourth-order valence-electron chi connectivity index (χ4n) is 3.87. The van der Waals surface area contributed by atoms with Crippen molar-refractivity contribution in [1.82, 2.24) is 9.88 Å². The van der Waals surface area contributed by atoms with Crippen LogP contribution in [0.4, 0.5) is 0 Å². The number of nitrogens with zero attached hydrogens (tertiary/aromatic N) is 2. The number of rotatable bonds is 7. The number of carbonyl (C=O) groups is 2. The lowest BCUT2D eigenvalue weighted by molar-refractivity contribution is -0.130. The molecule has 1 aromatic heterocycles. The van der Waals surface area contributed by atoms with Crippen LogP contribution in [0.25, 0.3) is 0 Å². The molecule has 3 aromatic rings. The maximum Gasteiger partial charge on any atom is 0.290 e. The van der Waals surface area contributed by atoms with Crippen LogP contribution in [0.1, 0.15) is 29.2 Å². The van der Waals surface area contributed by atoms with E-state index in [1.807, 2.05) is 30.3 Å². The summed E-state index contributed by atoms with van der Waals surface area (Å²) in [5, 5.41) is 20.7. The van der Waals surface area contributed by atoms with Gasteiger partial charge in [-0.05, 0) is 47.4 Å². The number of hydrogen-bond acceptors (Lipinski definition) is 5. The van der Waals surface area contributed by atoms with E-state index in [0.29, 0.717) is 12.0 Å². The Hall–Kier alpha value is -3.93. The van der Waals surface area contributed by atoms with Crippen molar-refractivity contribution in [2.45, 2.75) is 25.4 Å². The van der Waals surface area contributed by atoms with E-state index in [0.717, 1.165) is 11.1 Å². The Balaban J connectivity index is 1.67. The Labute approximate surface area is 180 Å². The molecule has 1 aliphatic heterocycles. The summed E-state index contributed by atoms with van der Waals surface area (Å²) < 4.78 is 0. The molecule has 1 aliphatic rings. The van der Waals surface area contributed by atoms with Gasteiger partial charge in [-0.1, -0.05) is 42.5 Å². The fraction of sp³-hybridized carbons (Fsp3) is 0.160. The Morgan fingerprint density at radius 3 is 2.39 bits per heavy atom. The summed E-state index contributed by atoms with van der Waals surface area (Å²) in [5.41, 5.74) is 2.46. The van der Waals surface area contributed by atoms with Gasteiger partial charge in [-0.3, -0.25) is 14.6 Å². The third kappa shape index (κ3) is 4.33. The van der Waals surface area contributed by atoms with Gasteiger partial charge in [0.25, 0.3) is 5.91 Å². The van der Waals surface area contributed by atoms with Gasteiger partial charge in [0, 0.05) is 25.4 Å². The second kappa shape index (κ2) is 8.83. The zero-order chi connectivity index (χ0) is 21.8. The van der Waals surface area contributed by atoms with Crippen molar-refractivity contribution in [3.63, 3.8) is 0 Å². The van der Waals surface area contributed by atoms with Crippen LogP contribution in [0.5, 0.6) is 5.75 Å². The van der Waals surface area contributed by atoms with Crippen LogP contribution >= 0.6 is 0 Å². The van der Waals surface area contributed by atoms with E-state index in [1.54, 1.807) is 36.7 Å². The molecule has 0 fully saturated rings. The first-order valence-electron chi connectivity index (χ1n) is 10.0. The van der Waals surface area contributed by atoms with Crippen LogP contribution < -0.4 is 0 Å². The van der Waals surface area contributed by atoms with E-state index in [2.05, 4.69) is 4.98 Å². The SMILES string of the molecule is O=C(CCc1ccccc1)C1=C(O)C(=O)N(Cc2ccncc2)C1c1cccc(O)c1. The smallest absolute Gasteiger partial charge is 0.290 e. The minimum Gasteiger partial charge on any atom is -0.508 e. The molecule has 6 nitrogen and oxygen atoms in total. The number of benzene rings is 2. The highest BCUT2D eigenvalue weighted by molar-refractivity contribution is 6.09. The predicted octanol–water partition coefficient (Wildman–Crippen LogP) is 3.88. The molecule has 0 bridgehead atoms. The molecule has 4 rings (SSSR count). The quantitative estimate of drug-likeness (QED) is 0.612. The van der Waals surface area contributed by atoms with Crippen LogP contribution in [0.15, 0.2) is 90.5 Å². The summed E-state index contributed by atoms with van der Waals surface area (Å²) >= 11 is 0. The average Bonchev–Trinajstić information content (AvgIpc) is 3.04. The Morgan fingerprint density at radius 1 is 0.935 bits per heavy atom. The zero-order valence-electron chi connectivity index (χ0n) is 16.8. The van der Waals surface area contributed by atoms with E-state index in [4.69, 9.17) is 0 Å². The highest BCUT2D eigenvalue weighted by Gasteiger charge is 2.43. The van der Waals surface area contributed by atoms with Crippen molar-refractivity contribution < 1.29 is 19.8 Å². The third-order valence-electron chi connectivity index (χ3n) is 5.38. The molecule has 0 saturated carbocycles. The molecule has 0 radical (unpaired) electrons. The first-order chi connectivity index (χ1) is 15.0. The molecule has 1 amide bonds. The van der Waals surface area contributed by atoms with Gasteiger partial charge in [0.15, 0.2) is 11.5 Å². The molecule has 0 aliphatic carbocycles. The Bertz CT molecular complexity index is 1130. The van der Waals surface area contributed by atoms with Gasteiger partial charge < -0.3 is 15.1 Å². The average molecular weight is 414 g/mol. The number of phenolic OH excluding ortho intramolecular Hbond substituents is 1. The zero-order valence-corrected chi connectivity index (χ0v) is 16.8.